The number of halogens is 1. The Bertz CT molecular complexity index is 468. The first-order valence-electron chi connectivity index (χ1n) is 6.25. The van der Waals surface area contributed by atoms with Crippen LogP contribution in [0.2, 0.25) is 0 Å². The van der Waals surface area contributed by atoms with E-state index in [9.17, 15) is 4.39 Å². The zero-order chi connectivity index (χ0) is 12.8. The monoisotopic (exact) mass is 247 g/mol. The van der Waals surface area contributed by atoms with Gasteiger partial charge in [-0.1, -0.05) is 19.1 Å². The van der Waals surface area contributed by atoms with Crippen LogP contribution in [-0.2, 0) is 6.42 Å². The van der Waals surface area contributed by atoms with Crippen molar-refractivity contribution >= 4 is 0 Å². The van der Waals surface area contributed by atoms with Crippen LogP contribution < -0.4 is 5.32 Å². The zero-order valence-electron chi connectivity index (χ0n) is 10.5. The number of rotatable bonds is 6. The van der Waals surface area contributed by atoms with E-state index >= 15 is 0 Å². The maximum absolute atomic E-state index is 13.2. The van der Waals surface area contributed by atoms with Gasteiger partial charge in [-0.3, -0.25) is 0 Å². The highest BCUT2D eigenvalue weighted by Gasteiger charge is 2.09. The summed E-state index contributed by atoms with van der Waals surface area (Å²) in [5.41, 5.74) is 2.11. The minimum Gasteiger partial charge on any atom is -0.348 e. The van der Waals surface area contributed by atoms with Gasteiger partial charge in [-0.25, -0.2) is 9.37 Å². The summed E-state index contributed by atoms with van der Waals surface area (Å²) in [6, 6.07) is 6.98. The molecule has 96 valence electrons. The summed E-state index contributed by atoms with van der Waals surface area (Å²) in [4.78, 5) is 7.04. The topological polar surface area (TPSA) is 40.7 Å². The van der Waals surface area contributed by atoms with Crippen LogP contribution in [-0.4, -0.2) is 16.5 Å². The summed E-state index contributed by atoms with van der Waals surface area (Å²) in [5, 5.41) is 3.44. The molecule has 0 saturated carbocycles. The van der Waals surface area contributed by atoms with Gasteiger partial charge in [-0.05, 0) is 24.1 Å². The molecule has 0 spiro atoms. The van der Waals surface area contributed by atoms with E-state index in [1.807, 2.05) is 12.3 Å². The summed E-state index contributed by atoms with van der Waals surface area (Å²) < 4.78 is 13.2. The van der Waals surface area contributed by atoms with Crippen LogP contribution in [0.1, 0.15) is 30.6 Å². The summed E-state index contributed by atoms with van der Waals surface area (Å²) in [6.45, 7) is 2.94. The number of hydrogen-bond donors (Lipinski definition) is 2. The highest BCUT2D eigenvalue weighted by atomic mass is 19.1. The maximum atomic E-state index is 13.2. The second-order valence-corrected chi connectivity index (χ2v) is 4.30. The van der Waals surface area contributed by atoms with Crippen LogP contribution in [0, 0.1) is 5.82 Å². The Morgan fingerprint density at radius 2 is 2.33 bits per heavy atom. The smallest absolute Gasteiger partial charge is 0.123 e. The molecule has 18 heavy (non-hydrogen) atoms. The number of aromatic nitrogens is 2. The van der Waals surface area contributed by atoms with Gasteiger partial charge in [0.05, 0.1) is 6.33 Å². The van der Waals surface area contributed by atoms with E-state index in [1.165, 1.54) is 6.07 Å². The van der Waals surface area contributed by atoms with Crippen molar-refractivity contribution in [3.8, 4) is 0 Å². The highest BCUT2D eigenvalue weighted by Crippen LogP contribution is 2.17. The Balaban J connectivity index is 1.89. The third kappa shape index (κ3) is 3.40. The van der Waals surface area contributed by atoms with Crippen molar-refractivity contribution in [2.75, 3.05) is 6.54 Å². The predicted molar refractivity (Wildman–Crippen MR) is 69.7 cm³/mol. The third-order valence-electron chi connectivity index (χ3n) is 3.00. The number of hydrogen-bond acceptors (Lipinski definition) is 2. The molecule has 0 aliphatic carbocycles. The molecular formula is C14H18FN3. The number of nitrogens with one attached hydrogen (secondary N) is 2. The lowest BCUT2D eigenvalue weighted by molar-refractivity contribution is 0.516. The standard InChI is InChI=1S/C14H18FN3/c1-2-14(11-4-3-5-12(15)8-11)17-7-6-13-9-16-10-18-13/h3-5,8-10,14,17H,2,6-7H2,1H3,(H,16,18). The van der Waals surface area contributed by atoms with E-state index in [0.29, 0.717) is 0 Å². The van der Waals surface area contributed by atoms with E-state index in [2.05, 4.69) is 22.2 Å². The summed E-state index contributed by atoms with van der Waals surface area (Å²) in [6.07, 6.45) is 5.34. The lowest BCUT2D eigenvalue weighted by Crippen LogP contribution is -2.23. The molecule has 3 nitrogen and oxygen atoms in total. The molecule has 1 aromatic carbocycles. The van der Waals surface area contributed by atoms with Crippen LogP contribution in [0.25, 0.3) is 0 Å². The predicted octanol–water partition coefficient (Wildman–Crippen LogP) is 2.83. The van der Waals surface area contributed by atoms with E-state index in [1.54, 1.807) is 18.5 Å². The van der Waals surface area contributed by atoms with Crippen molar-refractivity contribution in [3.05, 3.63) is 53.9 Å². The molecule has 2 N–H and O–H groups in total. The van der Waals surface area contributed by atoms with Crippen molar-refractivity contribution in [3.63, 3.8) is 0 Å². The minimum atomic E-state index is -0.179. The third-order valence-corrected chi connectivity index (χ3v) is 3.00. The normalized spacial score (nSPS) is 12.6. The van der Waals surface area contributed by atoms with E-state index in [4.69, 9.17) is 0 Å². The molecule has 0 saturated heterocycles. The molecule has 0 radical (unpaired) electrons. The average molecular weight is 247 g/mol. The van der Waals surface area contributed by atoms with Crippen molar-refractivity contribution < 1.29 is 4.39 Å². The second kappa shape index (κ2) is 6.31. The molecule has 1 heterocycles. The lowest BCUT2D eigenvalue weighted by atomic mass is 10.0. The fourth-order valence-corrected chi connectivity index (χ4v) is 2.02. The number of imidazole rings is 1. The van der Waals surface area contributed by atoms with Crippen LogP contribution in [0.3, 0.4) is 0 Å². The van der Waals surface area contributed by atoms with E-state index in [0.717, 1.165) is 30.6 Å². The molecule has 2 aromatic rings. The SMILES string of the molecule is CCC(NCCc1cnc[nH]1)c1cccc(F)c1. The molecule has 0 aliphatic heterocycles. The van der Waals surface area contributed by atoms with Gasteiger partial charge < -0.3 is 10.3 Å². The van der Waals surface area contributed by atoms with Crippen LogP contribution in [0.5, 0.6) is 0 Å². The molecule has 0 fully saturated rings. The fourth-order valence-electron chi connectivity index (χ4n) is 2.02. The van der Waals surface area contributed by atoms with Crippen molar-refractivity contribution in [1.82, 2.24) is 15.3 Å². The molecule has 0 bridgehead atoms. The lowest BCUT2D eigenvalue weighted by Gasteiger charge is -2.17. The van der Waals surface area contributed by atoms with Gasteiger partial charge >= 0.3 is 0 Å². The number of benzene rings is 1. The van der Waals surface area contributed by atoms with Gasteiger partial charge in [0.15, 0.2) is 0 Å². The molecule has 4 heteroatoms. The Morgan fingerprint density at radius 1 is 1.44 bits per heavy atom. The molecule has 1 aromatic heterocycles. The minimum absolute atomic E-state index is 0.179. The largest absolute Gasteiger partial charge is 0.348 e. The fraction of sp³-hybridized carbons (Fsp3) is 0.357. The molecule has 0 aliphatic rings. The number of aromatic amines is 1. The van der Waals surface area contributed by atoms with Crippen molar-refractivity contribution in [2.45, 2.75) is 25.8 Å². The second-order valence-electron chi connectivity index (χ2n) is 4.30. The van der Waals surface area contributed by atoms with Gasteiger partial charge in [0.2, 0.25) is 0 Å². The summed E-state index contributed by atoms with van der Waals surface area (Å²) >= 11 is 0. The maximum Gasteiger partial charge on any atom is 0.123 e. The Morgan fingerprint density at radius 3 is 3.00 bits per heavy atom. The molecule has 0 amide bonds. The van der Waals surface area contributed by atoms with E-state index < -0.39 is 0 Å². The van der Waals surface area contributed by atoms with Gasteiger partial charge in [0, 0.05) is 30.9 Å². The Kier molecular flexibility index (Phi) is 4.47. The van der Waals surface area contributed by atoms with Gasteiger partial charge in [0.1, 0.15) is 5.82 Å². The van der Waals surface area contributed by atoms with Crippen LogP contribution in [0.4, 0.5) is 4.39 Å². The highest BCUT2D eigenvalue weighted by molar-refractivity contribution is 5.20. The number of H-pyrrole nitrogens is 1. The molecule has 1 atom stereocenters. The molecule has 2 rings (SSSR count). The Hall–Kier alpha value is -1.68. The molecular weight excluding hydrogens is 229 g/mol. The molecule has 1 unspecified atom stereocenters. The first kappa shape index (κ1) is 12.8. The van der Waals surface area contributed by atoms with Crippen molar-refractivity contribution in [2.24, 2.45) is 0 Å². The Labute approximate surface area is 106 Å². The zero-order valence-corrected chi connectivity index (χ0v) is 10.5. The average Bonchev–Trinajstić information content (AvgIpc) is 2.88. The van der Waals surface area contributed by atoms with Gasteiger partial charge in [-0.15, -0.1) is 0 Å². The first-order chi connectivity index (χ1) is 8.79. The van der Waals surface area contributed by atoms with E-state index in [-0.39, 0.29) is 11.9 Å². The van der Waals surface area contributed by atoms with Crippen molar-refractivity contribution in [1.29, 1.82) is 0 Å². The number of nitrogens with zero attached hydrogens (tertiary/aromatic N) is 1. The van der Waals surface area contributed by atoms with Crippen LogP contribution in [0.15, 0.2) is 36.8 Å². The van der Waals surface area contributed by atoms with Gasteiger partial charge in [-0.2, -0.15) is 0 Å². The van der Waals surface area contributed by atoms with Crippen LogP contribution >= 0.6 is 0 Å². The summed E-state index contributed by atoms with van der Waals surface area (Å²) in [5.74, 6) is -0.179. The first-order valence-corrected chi connectivity index (χ1v) is 6.25. The quantitative estimate of drug-likeness (QED) is 0.824. The van der Waals surface area contributed by atoms with Gasteiger partial charge in [0.25, 0.3) is 0 Å². The summed E-state index contributed by atoms with van der Waals surface area (Å²) in [7, 11) is 0.